The van der Waals surface area contributed by atoms with Crippen molar-refractivity contribution in [1.82, 2.24) is 10.2 Å². The molecule has 1 fully saturated rings. The van der Waals surface area contributed by atoms with E-state index < -0.39 is 11.6 Å². The molecule has 1 aliphatic rings. The molecule has 1 aromatic carbocycles. The summed E-state index contributed by atoms with van der Waals surface area (Å²) >= 11 is 0. The SMILES string of the molecule is CC(NC(=O)C1CCN(C(=O)OC(C)(C)C)CC1)c1ccccc1F. The molecule has 6 heteroatoms. The lowest BCUT2D eigenvalue weighted by Gasteiger charge is -2.33. The van der Waals surface area contributed by atoms with Gasteiger partial charge in [0, 0.05) is 24.6 Å². The topological polar surface area (TPSA) is 58.6 Å². The second-order valence-corrected chi connectivity index (χ2v) is 7.49. The van der Waals surface area contributed by atoms with Crippen LogP contribution in [0.2, 0.25) is 0 Å². The Labute approximate surface area is 148 Å². The van der Waals surface area contributed by atoms with Crippen LogP contribution in [0.3, 0.4) is 0 Å². The van der Waals surface area contributed by atoms with Crippen molar-refractivity contribution in [2.45, 2.75) is 52.2 Å². The Morgan fingerprint density at radius 2 is 1.84 bits per heavy atom. The lowest BCUT2D eigenvalue weighted by molar-refractivity contribution is -0.127. The Morgan fingerprint density at radius 1 is 1.24 bits per heavy atom. The molecular weight excluding hydrogens is 323 g/mol. The third-order valence-corrected chi connectivity index (χ3v) is 4.25. The van der Waals surface area contributed by atoms with E-state index in [0.717, 1.165) is 0 Å². The lowest BCUT2D eigenvalue weighted by Crippen LogP contribution is -2.45. The molecule has 0 aliphatic carbocycles. The van der Waals surface area contributed by atoms with Crippen LogP contribution in [0.4, 0.5) is 9.18 Å². The monoisotopic (exact) mass is 350 g/mol. The van der Waals surface area contributed by atoms with Crippen molar-refractivity contribution in [2.75, 3.05) is 13.1 Å². The largest absolute Gasteiger partial charge is 0.444 e. The molecule has 25 heavy (non-hydrogen) atoms. The second kappa shape index (κ2) is 7.85. The maximum Gasteiger partial charge on any atom is 0.410 e. The molecule has 1 atom stereocenters. The van der Waals surface area contributed by atoms with Crippen LogP contribution in [-0.4, -0.2) is 35.6 Å². The molecule has 1 aromatic rings. The summed E-state index contributed by atoms with van der Waals surface area (Å²) < 4.78 is 19.2. The van der Waals surface area contributed by atoms with Crippen molar-refractivity contribution in [3.8, 4) is 0 Å². The van der Waals surface area contributed by atoms with Gasteiger partial charge >= 0.3 is 6.09 Å². The Kier molecular flexibility index (Phi) is 6.03. The van der Waals surface area contributed by atoms with Crippen LogP contribution >= 0.6 is 0 Å². The summed E-state index contributed by atoms with van der Waals surface area (Å²) in [5, 5.41) is 2.88. The molecule has 1 saturated heterocycles. The van der Waals surface area contributed by atoms with E-state index in [2.05, 4.69) is 5.32 Å². The van der Waals surface area contributed by atoms with Gasteiger partial charge in [0.15, 0.2) is 0 Å². The number of amides is 2. The molecule has 1 heterocycles. The van der Waals surface area contributed by atoms with E-state index in [1.807, 2.05) is 20.8 Å². The number of nitrogens with one attached hydrogen (secondary N) is 1. The first kappa shape index (κ1) is 19.2. The number of likely N-dealkylation sites (tertiary alicyclic amines) is 1. The third kappa shape index (κ3) is 5.44. The van der Waals surface area contributed by atoms with E-state index in [4.69, 9.17) is 4.74 Å². The number of hydrogen-bond donors (Lipinski definition) is 1. The summed E-state index contributed by atoms with van der Waals surface area (Å²) in [6.45, 7) is 8.23. The lowest BCUT2D eigenvalue weighted by atomic mass is 9.95. The van der Waals surface area contributed by atoms with Crippen molar-refractivity contribution in [3.63, 3.8) is 0 Å². The molecule has 138 valence electrons. The van der Waals surface area contributed by atoms with Gasteiger partial charge in [0.1, 0.15) is 11.4 Å². The average Bonchev–Trinajstić information content (AvgIpc) is 2.53. The van der Waals surface area contributed by atoms with E-state index >= 15 is 0 Å². The van der Waals surface area contributed by atoms with Gasteiger partial charge in [0.25, 0.3) is 0 Å². The predicted molar refractivity (Wildman–Crippen MR) is 93.5 cm³/mol. The van der Waals surface area contributed by atoms with E-state index in [1.54, 1.807) is 30.0 Å². The smallest absolute Gasteiger partial charge is 0.410 e. The van der Waals surface area contributed by atoms with E-state index in [-0.39, 0.29) is 23.7 Å². The zero-order chi connectivity index (χ0) is 18.6. The minimum absolute atomic E-state index is 0.0976. The van der Waals surface area contributed by atoms with Gasteiger partial charge in [0.05, 0.1) is 6.04 Å². The minimum atomic E-state index is -0.527. The van der Waals surface area contributed by atoms with Gasteiger partial charge < -0.3 is 15.0 Å². The van der Waals surface area contributed by atoms with Crippen LogP contribution in [0.15, 0.2) is 24.3 Å². The molecular formula is C19H27FN2O3. The van der Waals surface area contributed by atoms with Crippen molar-refractivity contribution in [2.24, 2.45) is 5.92 Å². The first-order chi connectivity index (χ1) is 11.7. The zero-order valence-electron chi connectivity index (χ0n) is 15.3. The number of hydrogen-bond acceptors (Lipinski definition) is 3. The number of nitrogens with zero attached hydrogens (tertiary/aromatic N) is 1. The highest BCUT2D eigenvalue weighted by Crippen LogP contribution is 2.22. The number of rotatable bonds is 3. The molecule has 5 nitrogen and oxygen atoms in total. The summed E-state index contributed by atoms with van der Waals surface area (Å²) in [6.07, 6.45) is 0.815. The number of carbonyl (C=O) groups excluding carboxylic acids is 2. The van der Waals surface area contributed by atoms with Crippen LogP contribution in [0.25, 0.3) is 0 Å². The molecule has 0 saturated carbocycles. The molecule has 1 N–H and O–H groups in total. The number of benzene rings is 1. The predicted octanol–water partition coefficient (Wildman–Crippen LogP) is 3.65. The molecule has 0 spiro atoms. The maximum atomic E-state index is 13.8. The maximum absolute atomic E-state index is 13.8. The molecule has 0 radical (unpaired) electrons. The molecule has 1 unspecified atom stereocenters. The summed E-state index contributed by atoms with van der Waals surface area (Å²) in [4.78, 5) is 26.1. The first-order valence-corrected chi connectivity index (χ1v) is 8.70. The van der Waals surface area contributed by atoms with Crippen LogP contribution in [0.1, 0.15) is 52.1 Å². The van der Waals surface area contributed by atoms with Gasteiger partial charge in [-0.2, -0.15) is 0 Å². The molecule has 0 aromatic heterocycles. The molecule has 1 aliphatic heterocycles. The van der Waals surface area contributed by atoms with Crippen molar-refractivity contribution in [3.05, 3.63) is 35.6 Å². The molecule has 2 amide bonds. The van der Waals surface area contributed by atoms with Gasteiger partial charge in [-0.3, -0.25) is 4.79 Å². The first-order valence-electron chi connectivity index (χ1n) is 8.70. The van der Waals surface area contributed by atoms with Crippen molar-refractivity contribution in [1.29, 1.82) is 0 Å². The fourth-order valence-electron chi connectivity index (χ4n) is 2.89. The van der Waals surface area contributed by atoms with Crippen LogP contribution in [0, 0.1) is 11.7 Å². The fourth-order valence-corrected chi connectivity index (χ4v) is 2.89. The Bertz CT molecular complexity index is 619. The standard InChI is InChI=1S/C19H27FN2O3/c1-13(15-7-5-6-8-16(15)20)21-17(23)14-9-11-22(12-10-14)18(24)25-19(2,3)4/h5-8,13-14H,9-12H2,1-4H3,(H,21,23). The number of piperidine rings is 1. The van der Waals surface area contributed by atoms with Crippen LogP contribution in [-0.2, 0) is 9.53 Å². The number of carbonyl (C=O) groups is 2. The van der Waals surface area contributed by atoms with E-state index in [9.17, 15) is 14.0 Å². The fraction of sp³-hybridized carbons (Fsp3) is 0.579. The summed E-state index contributed by atoms with van der Waals surface area (Å²) in [5.41, 5.74) is -0.0532. The second-order valence-electron chi connectivity index (χ2n) is 7.49. The highest BCUT2D eigenvalue weighted by Gasteiger charge is 2.30. The third-order valence-electron chi connectivity index (χ3n) is 4.25. The number of halogens is 1. The highest BCUT2D eigenvalue weighted by atomic mass is 19.1. The summed E-state index contributed by atoms with van der Waals surface area (Å²) in [5.74, 6) is -0.595. The van der Waals surface area contributed by atoms with Gasteiger partial charge in [-0.1, -0.05) is 18.2 Å². The number of ether oxygens (including phenoxy) is 1. The molecule has 2 rings (SSSR count). The van der Waals surface area contributed by atoms with Gasteiger partial charge in [0.2, 0.25) is 5.91 Å². The minimum Gasteiger partial charge on any atom is -0.444 e. The Balaban J connectivity index is 1.85. The zero-order valence-corrected chi connectivity index (χ0v) is 15.3. The van der Waals surface area contributed by atoms with Crippen LogP contribution in [0.5, 0.6) is 0 Å². The van der Waals surface area contributed by atoms with E-state index in [0.29, 0.717) is 31.5 Å². The highest BCUT2D eigenvalue weighted by molar-refractivity contribution is 5.79. The summed E-state index contributed by atoms with van der Waals surface area (Å²) in [7, 11) is 0. The Hall–Kier alpha value is -2.11. The Morgan fingerprint density at radius 3 is 2.40 bits per heavy atom. The van der Waals surface area contributed by atoms with Crippen molar-refractivity contribution < 1.29 is 18.7 Å². The van der Waals surface area contributed by atoms with Gasteiger partial charge in [-0.25, -0.2) is 9.18 Å². The average molecular weight is 350 g/mol. The van der Waals surface area contributed by atoms with Crippen molar-refractivity contribution >= 4 is 12.0 Å². The van der Waals surface area contributed by atoms with Gasteiger partial charge in [-0.05, 0) is 46.6 Å². The molecule has 0 bridgehead atoms. The van der Waals surface area contributed by atoms with E-state index in [1.165, 1.54) is 6.07 Å². The normalized spacial score (nSPS) is 17.1. The van der Waals surface area contributed by atoms with Crippen LogP contribution < -0.4 is 5.32 Å². The van der Waals surface area contributed by atoms with Gasteiger partial charge in [-0.15, -0.1) is 0 Å². The summed E-state index contributed by atoms with van der Waals surface area (Å²) in [6, 6.07) is 6.04. The quantitative estimate of drug-likeness (QED) is 0.905.